The van der Waals surface area contributed by atoms with E-state index in [9.17, 15) is 0 Å². The maximum absolute atomic E-state index is 6.25. The summed E-state index contributed by atoms with van der Waals surface area (Å²) in [6, 6.07) is 17.3. The zero-order valence-electron chi connectivity index (χ0n) is 12.6. The molecular formula is C17H16ClN5. The minimum absolute atomic E-state index is 0.471. The van der Waals surface area contributed by atoms with Crippen molar-refractivity contribution in [1.82, 2.24) is 9.97 Å². The van der Waals surface area contributed by atoms with Crippen LogP contribution in [0.3, 0.4) is 0 Å². The summed E-state index contributed by atoms with van der Waals surface area (Å²) >= 11 is 6.00. The fourth-order valence-corrected chi connectivity index (χ4v) is 2.42. The Balaban J connectivity index is 1.92. The van der Waals surface area contributed by atoms with Gasteiger partial charge < -0.3 is 16.0 Å². The van der Waals surface area contributed by atoms with E-state index in [1.807, 2.05) is 66.5 Å². The summed E-state index contributed by atoms with van der Waals surface area (Å²) in [5.41, 5.74) is 8.52. The highest BCUT2D eigenvalue weighted by Gasteiger charge is 2.13. The van der Waals surface area contributed by atoms with E-state index in [0.29, 0.717) is 22.3 Å². The van der Waals surface area contributed by atoms with Crippen molar-refractivity contribution >= 4 is 40.3 Å². The van der Waals surface area contributed by atoms with Crippen molar-refractivity contribution in [3.8, 4) is 0 Å². The smallest absolute Gasteiger partial charge is 0.161 e. The maximum atomic E-state index is 6.25. The lowest BCUT2D eigenvalue weighted by Gasteiger charge is -2.21. The van der Waals surface area contributed by atoms with Crippen molar-refractivity contribution in [2.24, 2.45) is 0 Å². The summed E-state index contributed by atoms with van der Waals surface area (Å²) in [6.45, 7) is 0. The Labute approximate surface area is 139 Å². The van der Waals surface area contributed by atoms with Gasteiger partial charge in [-0.25, -0.2) is 9.97 Å². The van der Waals surface area contributed by atoms with Gasteiger partial charge in [0.1, 0.15) is 12.0 Å². The quantitative estimate of drug-likeness (QED) is 0.751. The van der Waals surface area contributed by atoms with Gasteiger partial charge in [-0.3, -0.25) is 0 Å². The molecule has 3 N–H and O–H groups in total. The van der Waals surface area contributed by atoms with Crippen LogP contribution in [-0.2, 0) is 0 Å². The first-order valence-corrected chi connectivity index (χ1v) is 7.45. The second-order valence-electron chi connectivity index (χ2n) is 4.99. The molecule has 3 aromatic rings. The molecule has 0 aliphatic rings. The Morgan fingerprint density at radius 2 is 1.83 bits per heavy atom. The van der Waals surface area contributed by atoms with Crippen LogP contribution >= 0.6 is 11.6 Å². The molecule has 23 heavy (non-hydrogen) atoms. The summed E-state index contributed by atoms with van der Waals surface area (Å²) in [7, 11) is 1.91. The Bertz CT molecular complexity index is 807. The standard InChI is InChI=1S/C17H16ClN5/c1-23(14-8-3-2-4-9-14)17-15(19)16(20-11-21-17)22-13-7-5-6-12(18)10-13/h2-11H,19H2,1H3,(H,20,21,22). The van der Waals surface area contributed by atoms with Crippen LogP contribution in [0, 0.1) is 0 Å². The monoisotopic (exact) mass is 325 g/mol. The summed E-state index contributed by atoms with van der Waals surface area (Å²) in [5.74, 6) is 1.18. The van der Waals surface area contributed by atoms with Crippen LogP contribution in [0.1, 0.15) is 0 Å². The number of nitrogen functional groups attached to an aromatic ring is 1. The van der Waals surface area contributed by atoms with Gasteiger partial charge in [0.2, 0.25) is 0 Å². The van der Waals surface area contributed by atoms with E-state index in [-0.39, 0.29) is 0 Å². The second kappa shape index (κ2) is 6.54. The molecule has 0 spiro atoms. The fourth-order valence-electron chi connectivity index (χ4n) is 2.23. The first-order chi connectivity index (χ1) is 11.1. The van der Waals surface area contributed by atoms with E-state index in [1.165, 1.54) is 6.33 Å². The predicted molar refractivity (Wildman–Crippen MR) is 95.7 cm³/mol. The average Bonchev–Trinajstić information content (AvgIpc) is 2.57. The van der Waals surface area contributed by atoms with Crippen LogP contribution in [0.4, 0.5) is 28.7 Å². The highest BCUT2D eigenvalue weighted by atomic mass is 35.5. The van der Waals surface area contributed by atoms with Crippen molar-refractivity contribution in [3.63, 3.8) is 0 Å². The number of para-hydroxylation sites is 1. The molecule has 5 nitrogen and oxygen atoms in total. The molecule has 6 heteroatoms. The number of nitrogens with zero attached hydrogens (tertiary/aromatic N) is 3. The number of hydrogen-bond acceptors (Lipinski definition) is 5. The molecule has 0 fully saturated rings. The highest BCUT2D eigenvalue weighted by molar-refractivity contribution is 6.30. The highest BCUT2D eigenvalue weighted by Crippen LogP contribution is 2.32. The van der Waals surface area contributed by atoms with Gasteiger partial charge in [0.15, 0.2) is 11.6 Å². The first-order valence-electron chi connectivity index (χ1n) is 7.07. The Hall–Kier alpha value is -2.79. The molecular weight excluding hydrogens is 310 g/mol. The van der Waals surface area contributed by atoms with E-state index in [2.05, 4.69) is 15.3 Å². The molecule has 2 aromatic carbocycles. The van der Waals surface area contributed by atoms with Crippen LogP contribution in [0.25, 0.3) is 0 Å². The molecule has 0 unspecified atom stereocenters. The number of anilines is 5. The molecule has 1 heterocycles. The summed E-state index contributed by atoms with van der Waals surface area (Å²) in [6.07, 6.45) is 1.48. The lowest BCUT2D eigenvalue weighted by Crippen LogP contribution is -2.15. The second-order valence-corrected chi connectivity index (χ2v) is 5.43. The van der Waals surface area contributed by atoms with Gasteiger partial charge >= 0.3 is 0 Å². The number of nitrogens with one attached hydrogen (secondary N) is 1. The largest absolute Gasteiger partial charge is 0.393 e. The van der Waals surface area contributed by atoms with Gasteiger partial charge in [-0.2, -0.15) is 0 Å². The zero-order chi connectivity index (χ0) is 16.2. The minimum atomic E-state index is 0.471. The SMILES string of the molecule is CN(c1ccccc1)c1ncnc(Nc2cccc(Cl)c2)c1N. The lowest BCUT2D eigenvalue weighted by atomic mass is 10.3. The number of aromatic nitrogens is 2. The first kappa shape index (κ1) is 15.1. The molecule has 3 rings (SSSR count). The van der Waals surface area contributed by atoms with Gasteiger partial charge in [0, 0.05) is 23.4 Å². The predicted octanol–water partition coefficient (Wildman–Crippen LogP) is 4.22. The van der Waals surface area contributed by atoms with Crippen LogP contribution in [0.2, 0.25) is 5.02 Å². The van der Waals surface area contributed by atoms with Crippen molar-refractivity contribution in [2.45, 2.75) is 0 Å². The van der Waals surface area contributed by atoms with Crippen molar-refractivity contribution < 1.29 is 0 Å². The molecule has 0 atom stereocenters. The van der Waals surface area contributed by atoms with Crippen LogP contribution < -0.4 is 16.0 Å². The Kier molecular flexibility index (Phi) is 4.30. The van der Waals surface area contributed by atoms with Gasteiger partial charge in [0.05, 0.1) is 0 Å². The van der Waals surface area contributed by atoms with Gasteiger partial charge in [0.25, 0.3) is 0 Å². The van der Waals surface area contributed by atoms with E-state index in [1.54, 1.807) is 0 Å². The summed E-state index contributed by atoms with van der Waals surface area (Å²) < 4.78 is 0. The molecule has 0 aliphatic carbocycles. The topological polar surface area (TPSA) is 67.1 Å². The Morgan fingerprint density at radius 1 is 1.04 bits per heavy atom. The molecule has 0 amide bonds. The molecule has 0 bridgehead atoms. The third kappa shape index (κ3) is 3.35. The van der Waals surface area contributed by atoms with Crippen molar-refractivity contribution in [2.75, 3.05) is 23.0 Å². The molecule has 0 aliphatic heterocycles. The zero-order valence-corrected chi connectivity index (χ0v) is 13.3. The van der Waals surface area contributed by atoms with Gasteiger partial charge in [-0.1, -0.05) is 35.9 Å². The van der Waals surface area contributed by atoms with Crippen LogP contribution in [0.5, 0.6) is 0 Å². The number of hydrogen-bond donors (Lipinski definition) is 2. The minimum Gasteiger partial charge on any atom is -0.393 e. The molecule has 0 saturated heterocycles. The van der Waals surface area contributed by atoms with E-state index in [0.717, 1.165) is 11.4 Å². The Morgan fingerprint density at radius 3 is 2.57 bits per heavy atom. The van der Waals surface area contributed by atoms with Crippen LogP contribution in [-0.4, -0.2) is 17.0 Å². The van der Waals surface area contributed by atoms with Crippen molar-refractivity contribution in [1.29, 1.82) is 0 Å². The van der Waals surface area contributed by atoms with Gasteiger partial charge in [-0.15, -0.1) is 0 Å². The summed E-state index contributed by atoms with van der Waals surface area (Å²) in [4.78, 5) is 10.4. The number of halogens is 1. The van der Waals surface area contributed by atoms with E-state index >= 15 is 0 Å². The summed E-state index contributed by atoms with van der Waals surface area (Å²) in [5, 5.41) is 3.82. The average molecular weight is 326 g/mol. The molecule has 0 radical (unpaired) electrons. The van der Waals surface area contributed by atoms with Crippen LogP contribution in [0.15, 0.2) is 60.9 Å². The molecule has 1 aromatic heterocycles. The van der Waals surface area contributed by atoms with E-state index < -0.39 is 0 Å². The van der Waals surface area contributed by atoms with Gasteiger partial charge in [-0.05, 0) is 30.3 Å². The number of benzene rings is 2. The normalized spacial score (nSPS) is 10.3. The van der Waals surface area contributed by atoms with E-state index in [4.69, 9.17) is 17.3 Å². The maximum Gasteiger partial charge on any atom is 0.161 e. The molecule has 0 saturated carbocycles. The lowest BCUT2D eigenvalue weighted by molar-refractivity contribution is 1.09. The van der Waals surface area contributed by atoms with Crippen molar-refractivity contribution in [3.05, 3.63) is 65.9 Å². The number of rotatable bonds is 4. The fraction of sp³-hybridized carbons (Fsp3) is 0.0588. The molecule has 116 valence electrons. The third-order valence-corrected chi connectivity index (χ3v) is 3.65. The third-order valence-electron chi connectivity index (χ3n) is 3.41. The number of nitrogens with two attached hydrogens (primary N) is 1.